The summed E-state index contributed by atoms with van der Waals surface area (Å²) >= 11 is 0. The second kappa shape index (κ2) is 5.91. The van der Waals surface area contributed by atoms with E-state index in [9.17, 15) is 18.4 Å². The van der Waals surface area contributed by atoms with Gasteiger partial charge in [-0.3, -0.25) is 9.59 Å². The number of amides is 1. The molecule has 1 unspecified atom stereocenters. The van der Waals surface area contributed by atoms with E-state index in [0.29, 0.717) is 11.1 Å². The molecule has 5 heteroatoms. The molecule has 118 valence electrons. The molecule has 1 heterocycles. The van der Waals surface area contributed by atoms with E-state index < -0.39 is 11.9 Å². The van der Waals surface area contributed by atoms with E-state index in [4.69, 9.17) is 0 Å². The topological polar surface area (TPSA) is 37.4 Å². The molecule has 1 aliphatic rings. The molecule has 23 heavy (non-hydrogen) atoms. The lowest BCUT2D eigenvalue weighted by atomic mass is 10.0. The minimum absolute atomic E-state index is 0.164. The molecule has 2 aromatic rings. The number of halogens is 2. The lowest BCUT2D eigenvalue weighted by Crippen LogP contribution is -2.28. The van der Waals surface area contributed by atoms with Crippen LogP contribution in [0.4, 0.5) is 8.78 Å². The first kappa shape index (κ1) is 15.3. The SMILES string of the molecule is Cc1cc(CN2C(=O)CC(=O)C2c2ccc(F)cc2)ccc1F. The van der Waals surface area contributed by atoms with Crippen molar-refractivity contribution in [2.45, 2.75) is 25.9 Å². The molecule has 0 aliphatic carbocycles. The minimum Gasteiger partial charge on any atom is -0.324 e. The highest BCUT2D eigenvalue weighted by Gasteiger charge is 2.39. The normalized spacial score (nSPS) is 17.9. The van der Waals surface area contributed by atoms with Crippen LogP contribution in [0.1, 0.15) is 29.2 Å². The van der Waals surface area contributed by atoms with Gasteiger partial charge in [0.15, 0.2) is 5.78 Å². The van der Waals surface area contributed by atoms with E-state index in [1.54, 1.807) is 19.1 Å². The van der Waals surface area contributed by atoms with Crippen molar-refractivity contribution in [3.63, 3.8) is 0 Å². The molecular weight excluding hydrogens is 300 g/mol. The van der Waals surface area contributed by atoms with Gasteiger partial charge in [-0.05, 0) is 41.8 Å². The van der Waals surface area contributed by atoms with Crippen molar-refractivity contribution in [3.8, 4) is 0 Å². The molecule has 0 aromatic heterocycles. The van der Waals surface area contributed by atoms with E-state index in [-0.39, 0.29) is 30.5 Å². The molecule has 2 aromatic carbocycles. The van der Waals surface area contributed by atoms with Crippen molar-refractivity contribution < 1.29 is 18.4 Å². The molecule has 0 radical (unpaired) electrons. The summed E-state index contributed by atoms with van der Waals surface area (Å²) in [5.41, 5.74) is 1.82. The molecule has 3 rings (SSSR count). The number of nitrogens with zero attached hydrogens (tertiary/aromatic N) is 1. The number of carbonyl (C=O) groups is 2. The number of aryl methyl sites for hydroxylation is 1. The Kier molecular flexibility index (Phi) is 3.94. The van der Waals surface area contributed by atoms with Gasteiger partial charge >= 0.3 is 0 Å². The predicted octanol–water partition coefficient (Wildman–Crippen LogP) is 3.32. The van der Waals surface area contributed by atoms with Crippen LogP contribution in [0.5, 0.6) is 0 Å². The van der Waals surface area contributed by atoms with Crippen molar-refractivity contribution in [1.82, 2.24) is 4.90 Å². The van der Waals surface area contributed by atoms with Crippen LogP contribution in [0.2, 0.25) is 0 Å². The Morgan fingerprint density at radius 2 is 1.78 bits per heavy atom. The summed E-state index contributed by atoms with van der Waals surface area (Å²) in [6.45, 7) is 1.86. The number of rotatable bonds is 3. The molecule has 0 spiro atoms. The fourth-order valence-corrected chi connectivity index (χ4v) is 2.86. The Morgan fingerprint density at radius 1 is 1.09 bits per heavy atom. The minimum atomic E-state index is -0.714. The predicted molar refractivity (Wildman–Crippen MR) is 80.5 cm³/mol. The zero-order chi connectivity index (χ0) is 16.6. The number of ketones is 1. The van der Waals surface area contributed by atoms with Crippen LogP contribution in [0.25, 0.3) is 0 Å². The van der Waals surface area contributed by atoms with Crippen LogP contribution < -0.4 is 0 Å². The molecule has 1 fully saturated rings. The number of Topliss-reactive ketones (excluding diaryl/α,β-unsaturated/α-hetero) is 1. The summed E-state index contributed by atoms with van der Waals surface area (Å²) in [4.78, 5) is 25.8. The Bertz CT molecular complexity index is 771. The van der Waals surface area contributed by atoms with Gasteiger partial charge in [0, 0.05) is 6.54 Å². The van der Waals surface area contributed by atoms with Crippen LogP contribution in [-0.4, -0.2) is 16.6 Å². The van der Waals surface area contributed by atoms with E-state index in [1.807, 2.05) is 0 Å². The van der Waals surface area contributed by atoms with Crippen LogP contribution in [0.3, 0.4) is 0 Å². The molecular formula is C18H15F2NO2. The van der Waals surface area contributed by atoms with Crippen molar-refractivity contribution in [1.29, 1.82) is 0 Å². The van der Waals surface area contributed by atoms with E-state index in [0.717, 1.165) is 5.56 Å². The fraction of sp³-hybridized carbons (Fsp3) is 0.222. The Labute approximate surface area is 132 Å². The maximum absolute atomic E-state index is 13.4. The maximum atomic E-state index is 13.4. The largest absolute Gasteiger partial charge is 0.324 e. The first-order valence-electron chi connectivity index (χ1n) is 7.28. The van der Waals surface area contributed by atoms with Crippen molar-refractivity contribution in [3.05, 3.63) is 70.8 Å². The summed E-state index contributed by atoms with van der Waals surface area (Å²) in [6, 6.07) is 9.46. The van der Waals surface area contributed by atoms with Crippen molar-refractivity contribution >= 4 is 11.7 Å². The summed E-state index contributed by atoms with van der Waals surface area (Å²) in [5, 5.41) is 0. The number of hydrogen-bond donors (Lipinski definition) is 0. The Balaban J connectivity index is 1.91. The molecule has 0 bridgehead atoms. The van der Waals surface area contributed by atoms with Gasteiger partial charge in [0.25, 0.3) is 0 Å². The summed E-state index contributed by atoms with van der Waals surface area (Å²) in [7, 11) is 0. The van der Waals surface area contributed by atoms with E-state index >= 15 is 0 Å². The quantitative estimate of drug-likeness (QED) is 0.815. The van der Waals surface area contributed by atoms with Gasteiger partial charge in [-0.25, -0.2) is 8.78 Å². The average molecular weight is 315 g/mol. The second-order valence-corrected chi connectivity index (χ2v) is 5.70. The van der Waals surface area contributed by atoms with Gasteiger partial charge in [-0.1, -0.05) is 24.3 Å². The fourth-order valence-electron chi connectivity index (χ4n) is 2.86. The highest BCUT2D eigenvalue weighted by molar-refractivity contribution is 6.07. The highest BCUT2D eigenvalue weighted by Crippen LogP contribution is 2.31. The first-order valence-corrected chi connectivity index (χ1v) is 7.28. The molecule has 1 aliphatic heterocycles. The third-order valence-electron chi connectivity index (χ3n) is 4.02. The third-order valence-corrected chi connectivity index (χ3v) is 4.02. The van der Waals surface area contributed by atoms with E-state index in [2.05, 4.69) is 0 Å². The van der Waals surface area contributed by atoms with E-state index in [1.165, 1.54) is 35.2 Å². The molecule has 1 saturated heterocycles. The number of hydrogen-bond acceptors (Lipinski definition) is 2. The molecule has 3 nitrogen and oxygen atoms in total. The maximum Gasteiger partial charge on any atom is 0.231 e. The van der Waals surface area contributed by atoms with Gasteiger partial charge in [0.1, 0.15) is 17.7 Å². The smallest absolute Gasteiger partial charge is 0.231 e. The molecule has 1 amide bonds. The number of carbonyl (C=O) groups excluding carboxylic acids is 2. The third kappa shape index (κ3) is 2.99. The van der Waals surface area contributed by atoms with Gasteiger partial charge in [-0.2, -0.15) is 0 Å². The molecule has 1 atom stereocenters. The van der Waals surface area contributed by atoms with Crippen molar-refractivity contribution in [2.75, 3.05) is 0 Å². The van der Waals surface area contributed by atoms with Crippen LogP contribution >= 0.6 is 0 Å². The van der Waals surface area contributed by atoms with Gasteiger partial charge in [0.2, 0.25) is 5.91 Å². The summed E-state index contributed by atoms with van der Waals surface area (Å²) in [5.74, 6) is -1.19. The standard InChI is InChI=1S/C18H15F2NO2/c1-11-8-12(2-7-15(11)20)10-21-17(23)9-16(22)18(21)13-3-5-14(19)6-4-13/h2-8,18H,9-10H2,1H3. The number of likely N-dealkylation sites (tertiary alicyclic amines) is 1. The van der Waals surface area contributed by atoms with Crippen molar-refractivity contribution in [2.24, 2.45) is 0 Å². The van der Waals surface area contributed by atoms with Gasteiger partial charge < -0.3 is 4.90 Å². The molecule has 0 N–H and O–H groups in total. The first-order chi connectivity index (χ1) is 11.0. The van der Waals surface area contributed by atoms with Crippen LogP contribution in [0.15, 0.2) is 42.5 Å². The Morgan fingerprint density at radius 3 is 2.43 bits per heavy atom. The zero-order valence-corrected chi connectivity index (χ0v) is 12.6. The molecule has 0 saturated carbocycles. The Hall–Kier alpha value is -2.56. The van der Waals surface area contributed by atoms with Gasteiger partial charge in [-0.15, -0.1) is 0 Å². The monoisotopic (exact) mass is 315 g/mol. The summed E-state index contributed by atoms with van der Waals surface area (Å²) < 4.78 is 26.4. The van der Waals surface area contributed by atoms with Crippen LogP contribution in [-0.2, 0) is 16.1 Å². The number of benzene rings is 2. The average Bonchev–Trinajstić information content (AvgIpc) is 2.78. The lowest BCUT2D eigenvalue weighted by Gasteiger charge is -2.24. The van der Waals surface area contributed by atoms with Gasteiger partial charge in [0.05, 0.1) is 6.42 Å². The second-order valence-electron chi connectivity index (χ2n) is 5.70. The zero-order valence-electron chi connectivity index (χ0n) is 12.6. The lowest BCUT2D eigenvalue weighted by molar-refractivity contribution is -0.129. The summed E-state index contributed by atoms with van der Waals surface area (Å²) in [6.07, 6.45) is -0.164. The highest BCUT2D eigenvalue weighted by atomic mass is 19.1. The van der Waals surface area contributed by atoms with Crippen LogP contribution in [0, 0.1) is 18.6 Å².